The molecular weight excluding hydrogens is 485 g/mol. The summed E-state index contributed by atoms with van der Waals surface area (Å²) < 4.78 is 33.3. The Morgan fingerprint density at radius 2 is 1.27 bits per heavy atom. The summed E-state index contributed by atoms with van der Waals surface area (Å²) in [6, 6.07) is 8.21. The van der Waals surface area contributed by atoms with E-state index in [4.69, 9.17) is 51.6 Å². The van der Waals surface area contributed by atoms with Crippen LogP contribution in [-0.2, 0) is 14.2 Å². The third kappa shape index (κ3) is 8.62. The van der Waals surface area contributed by atoms with Crippen molar-refractivity contribution in [3.05, 3.63) is 45.9 Å². The molecule has 0 aliphatic rings. The van der Waals surface area contributed by atoms with Gasteiger partial charge in [0.05, 0.1) is 20.9 Å². The largest absolute Gasteiger partial charge is 1.00 e. The van der Waals surface area contributed by atoms with Gasteiger partial charge in [-0.3, -0.25) is 4.79 Å². The number of rotatable bonds is 12. The average molecular weight is 513 g/mol. The summed E-state index contributed by atoms with van der Waals surface area (Å²) in [5.74, 6) is 1.13. The van der Waals surface area contributed by atoms with Crippen LogP contribution in [0.2, 0.25) is 10.0 Å². The molecule has 0 bridgehead atoms. The van der Waals surface area contributed by atoms with E-state index in [0.29, 0.717) is 22.6 Å². The van der Waals surface area contributed by atoms with Gasteiger partial charge >= 0.3 is 18.9 Å². The molecule has 0 aliphatic heterocycles. The first-order valence-electron chi connectivity index (χ1n) is 9.71. The predicted octanol–water partition coefficient (Wildman–Crippen LogP) is 2.37. The van der Waals surface area contributed by atoms with Crippen LogP contribution in [0.1, 0.15) is 32.6 Å². The van der Waals surface area contributed by atoms with Gasteiger partial charge in [-0.1, -0.05) is 29.3 Å². The number of halogens is 2. The van der Waals surface area contributed by atoms with E-state index in [9.17, 15) is 4.79 Å². The van der Waals surface area contributed by atoms with E-state index in [0.717, 1.165) is 0 Å². The monoisotopic (exact) mass is 512 g/mol. The fraction of sp³-hybridized carbons (Fsp3) is 0.409. The van der Waals surface area contributed by atoms with E-state index in [1.807, 2.05) is 0 Å². The van der Waals surface area contributed by atoms with Crippen LogP contribution in [0.4, 0.5) is 0 Å². The molecule has 0 saturated heterocycles. The van der Waals surface area contributed by atoms with Gasteiger partial charge in [0, 0.05) is 33.5 Å². The molecule has 4 unspecified atom stereocenters. The molecule has 33 heavy (non-hydrogen) atoms. The first kappa shape index (κ1) is 30.0. The fourth-order valence-electron chi connectivity index (χ4n) is 2.53. The third-order valence-corrected chi connectivity index (χ3v) is 6.20. The van der Waals surface area contributed by atoms with Gasteiger partial charge in [-0.25, -0.2) is 0 Å². The zero-order chi connectivity index (χ0) is 23.8. The quantitative estimate of drug-likeness (QED) is 0.245. The zero-order valence-electron chi connectivity index (χ0n) is 20.7. The van der Waals surface area contributed by atoms with Crippen molar-refractivity contribution < 1.29 is 53.5 Å². The summed E-state index contributed by atoms with van der Waals surface area (Å²) in [5, 5.41) is 1.03. The number of carbonyl (C=O) groups excluding carboxylic acids is 1. The normalized spacial score (nSPS) is 13.8. The topological polar surface area (TPSA) is 72.5 Å². The van der Waals surface area contributed by atoms with Crippen LogP contribution in [0.5, 0.6) is 17.2 Å². The Kier molecular flexibility index (Phi) is 13.1. The number of ether oxygens (including phenoxy) is 6. The Morgan fingerprint density at radius 1 is 0.848 bits per heavy atom. The van der Waals surface area contributed by atoms with Crippen molar-refractivity contribution in [2.75, 3.05) is 21.3 Å². The Hall–Kier alpha value is -1.00. The molecule has 0 aromatic heterocycles. The maximum Gasteiger partial charge on any atom is 1.00 e. The van der Waals surface area contributed by atoms with Gasteiger partial charge in [0.25, 0.3) is 0 Å². The molecule has 11 heteroatoms. The van der Waals surface area contributed by atoms with Gasteiger partial charge in [0.2, 0.25) is 0 Å². The van der Waals surface area contributed by atoms with Crippen LogP contribution in [0, 0.1) is 0 Å². The van der Waals surface area contributed by atoms with E-state index in [1.54, 1.807) is 51.1 Å². The molecule has 7 nitrogen and oxygen atoms in total. The first-order valence-corrected chi connectivity index (χ1v) is 11.5. The molecule has 2 aromatic rings. The Balaban J connectivity index is 0.00000544. The minimum Gasteiger partial charge on any atom is -1.00 e. The van der Waals surface area contributed by atoms with Crippen molar-refractivity contribution in [2.24, 2.45) is 0 Å². The number of methoxy groups -OCH3 is 3. The van der Waals surface area contributed by atoms with Gasteiger partial charge in [0.15, 0.2) is 24.4 Å². The Bertz CT molecular complexity index is 885. The van der Waals surface area contributed by atoms with E-state index in [1.165, 1.54) is 21.3 Å². The third-order valence-electron chi connectivity index (χ3n) is 4.35. The molecule has 2 aromatic carbocycles. The molecule has 178 valence electrons. The van der Waals surface area contributed by atoms with Gasteiger partial charge in [0.1, 0.15) is 17.2 Å². The maximum atomic E-state index is 13.2. The molecular formula is C22H28Cl2LiO7P. The fourth-order valence-corrected chi connectivity index (χ4v) is 4.38. The van der Waals surface area contributed by atoms with Crippen molar-refractivity contribution in [1.82, 2.24) is 0 Å². The molecule has 0 heterocycles. The Morgan fingerprint density at radius 3 is 1.70 bits per heavy atom. The van der Waals surface area contributed by atoms with Crippen LogP contribution in [0.3, 0.4) is 0 Å². The second-order valence-electron chi connectivity index (χ2n) is 6.61. The summed E-state index contributed by atoms with van der Waals surface area (Å²) in [5.41, 5.74) is -0.0386. The second kappa shape index (κ2) is 14.4. The van der Waals surface area contributed by atoms with E-state index in [-0.39, 0.29) is 41.4 Å². The zero-order valence-corrected chi connectivity index (χ0v) is 22.2. The summed E-state index contributed by atoms with van der Waals surface area (Å²) in [6.45, 7) is 5.20. The maximum absolute atomic E-state index is 13.2. The minimum atomic E-state index is -0.597. The van der Waals surface area contributed by atoms with E-state index in [2.05, 4.69) is 0 Å². The summed E-state index contributed by atoms with van der Waals surface area (Å²) in [6.07, 6.45) is -1.71. The number of carbonyl (C=O) groups is 1. The minimum absolute atomic E-state index is 0. The van der Waals surface area contributed by atoms with Crippen molar-refractivity contribution >= 4 is 42.6 Å². The molecule has 0 fully saturated rings. The average Bonchev–Trinajstić information content (AvgIpc) is 2.75. The molecule has 0 saturated carbocycles. The van der Waals surface area contributed by atoms with Gasteiger partial charge in [-0.15, -0.1) is 0 Å². The van der Waals surface area contributed by atoms with Crippen LogP contribution in [0.25, 0.3) is 0 Å². The molecule has 0 spiro atoms. The van der Waals surface area contributed by atoms with Crippen LogP contribution >= 0.6 is 31.8 Å². The molecule has 0 radical (unpaired) electrons. The van der Waals surface area contributed by atoms with Crippen LogP contribution < -0.4 is 38.4 Å². The smallest absolute Gasteiger partial charge is 1.00 e. The van der Waals surface area contributed by atoms with Crippen molar-refractivity contribution in [2.45, 2.75) is 39.6 Å². The van der Waals surface area contributed by atoms with Crippen molar-refractivity contribution in [3.63, 3.8) is 0 Å². The summed E-state index contributed by atoms with van der Waals surface area (Å²) in [7, 11) is 4.14. The Labute approximate surface area is 219 Å². The summed E-state index contributed by atoms with van der Waals surface area (Å²) in [4.78, 5) is 13.2. The molecule has 0 amide bonds. The van der Waals surface area contributed by atoms with Gasteiger partial charge in [-0.2, -0.15) is 0 Å². The first-order chi connectivity index (χ1) is 15.2. The van der Waals surface area contributed by atoms with E-state index >= 15 is 0 Å². The molecule has 0 aliphatic carbocycles. The van der Waals surface area contributed by atoms with Gasteiger partial charge in [-0.05, 0) is 41.5 Å². The number of hydrogen-bond donors (Lipinski definition) is 0. The van der Waals surface area contributed by atoms with Crippen LogP contribution in [0.15, 0.2) is 30.3 Å². The summed E-state index contributed by atoms with van der Waals surface area (Å²) >= 11 is 12.5. The molecule has 0 N–H and O–H groups in total. The van der Waals surface area contributed by atoms with Gasteiger partial charge < -0.3 is 29.8 Å². The second-order valence-corrected chi connectivity index (χ2v) is 8.63. The SMILES string of the molecule is COC(C)Oc1cc(OC(C)OC)c(PC(=O)c2c(Cl)cccc2Cl)c(OC(C)OC)c1.[H-].[Li+]. The van der Waals surface area contributed by atoms with Crippen LogP contribution in [-0.4, -0.2) is 45.7 Å². The molecule has 2 rings (SSSR count). The van der Waals surface area contributed by atoms with Crippen molar-refractivity contribution in [1.29, 1.82) is 0 Å². The molecule has 4 atom stereocenters. The van der Waals surface area contributed by atoms with Crippen molar-refractivity contribution in [3.8, 4) is 17.2 Å². The van der Waals surface area contributed by atoms with E-state index < -0.39 is 27.5 Å². The standard InChI is InChI=1S/C22H27Cl2O7P.Li.H/c1-12(26-4)29-15-10-18(30-13(2)27-5)21(19(11-15)31-14(3)28-6)32-22(25)20-16(23)8-7-9-17(20)24;;/h7-14,32H,1-6H3;;/q;+1;-1. The number of benzene rings is 2. The number of hydrogen-bond acceptors (Lipinski definition) is 7. The predicted molar refractivity (Wildman–Crippen MR) is 128 cm³/mol.